The third-order valence-corrected chi connectivity index (χ3v) is 8.03. The molecular weight excluding hydrogens is 293 g/mol. The lowest BCUT2D eigenvalue weighted by Gasteiger charge is -2.94. The van der Waals surface area contributed by atoms with Gasteiger partial charge in [-0.05, 0) is 65.0 Å². The number of carbonyl (C=O) groups excluding carboxylic acids is 1. The van der Waals surface area contributed by atoms with Gasteiger partial charge in [-0.25, -0.2) is 4.39 Å². The molecule has 0 spiro atoms. The fraction of sp³-hybridized carbons (Fsp3) is 0.632. The third kappa shape index (κ3) is 1.24. The molecule has 0 heterocycles. The van der Waals surface area contributed by atoms with Crippen LogP contribution in [0.15, 0.2) is 24.3 Å². The van der Waals surface area contributed by atoms with Crippen molar-refractivity contribution in [2.75, 3.05) is 7.11 Å². The van der Waals surface area contributed by atoms with Crippen molar-refractivity contribution < 1.29 is 13.9 Å². The van der Waals surface area contributed by atoms with Crippen LogP contribution in [-0.4, -0.2) is 19.1 Å². The van der Waals surface area contributed by atoms with Crippen molar-refractivity contribution in [3.05, 3.63) is 35.6 Å². The third-order valence-electron chi connectivity index (χ3n) is 8.03. The average molecular weight is 313 g/mol. The molecule has 0 radical (unpaired) electrons. The van der Waals surface area contributed by atoms with Crippen LogP contribution >= 0.6 is 0 Å². The highest BCUT2D eigenvalue weighted by molar-refractivity contribution is 5.75. The van der Waals surface area contributed by atoms with Crippen molar-refractivity contribution >= 4 is 5.97 Å². The van der Waals surface area contributed by atoms with Crippen LogP contribution in [0, 0.1) is 59.1 Å². The molecule has 6 atom stereocenters. The van der Waals surface area contributed by atoms with Gasteiger partial charge in [-0.3, -0.25) is 4.79 Å². The van der Waals surface area contributed by atoms with Crippen LogP contribution in [-0.2, 0) is 16.1 Å². The average Bonchev–Trinajstić information content (AvgIpc) is 2.54. The predicted molar refractivity (Wildman–Crippen MR) is 80.5 cm³/mol. The number of rotatable bonds is 4. The lowest BCUT2D eigenvalue weighted by molar-refractivity contribution is -0.474. The molecule has 6 aliphatic carbocycles. The summed E-state index contributed by atoms with van der Waals surface area (Å²) in [5.74, 6) is 6.43. The zero-order valence-electron chi connectivity index (χ0n) is 13.0. The standard InChI is InChI=1S/C19H20FNO2/c1-23-19(22)17-15-11-9-10-13(11)16(14(10)12(9)15)18(17)21-6-7-2-4-8(20)5-3-7/h2-5,9-18,21H,6H2,1H3. The summed E-state index contributed by atoms with van der Waals surface area (Å²) in [6.45, 7) is 0.699. The first-order chi connectivity index (χ1) is 11.2. The van der Waals surface area contributed by atoms with E-state index in [9.17, 15) is 9.18 Å². The molecule has 0 aliphatic heterocycles. The van der Waals surface area contributed by atoms with Gasteiger partial charge in [0.05, 0.1) is 13.0 Å². The van der Waals surface area contributed by atoms with Gasteiger partial charge in [-0.15, -0.1) is 0 Å². The van der Waals surface area contributed by atoms with Crippen molar-refractivity contribution in [3.63, 3.8) is 0 Å². The number of ether oxygens (including phenoxy) is 1. The number of hydrogen-bond donors (Lipinski definition) is 1. The molecule has 1 aromatic carbocycles. The van der Waals surface area contributed by atoms with Crippen LogP contribution in [0.2, 0.25) is 0 Å². The van der Waals surface area contributed by atoms with E-state index in [1.807, 2.05) is 12.1 Å². The number of carbonyl (C=O) groups is 1. The largest absolute Gasteiger partial charge is 0.469 e. The monoisotopic (exact) mass is 313 g/mol. The summed E-state index contributed by atoms with van der Waals surface area (Å²) in [6, 6.07) is 6.88. The highest BCUT2D eigenvalue weighted by Gasteiger charge is 2.91. The Labute approximate surface area is 134 Å². The Hall–Kier alpha value is -1.42. The van der Waals surface area contributed by atoms with Crippen LogP contribution in [0.25, 0.3) is 0 Å². The molecule has 0 amide bonds. The lowest BCUT2D eigenvalue weighted by atomic mass is 9.10. The zero-order chi connectivity index (χ0) is 15.5. The maximum Gasteiger partial charge on any atom is 0.310 e. The lowest BCUT2D eigenvalue weighted by Crippen LogP contribution is -2.94. The summed E-state index contributed by atoms with van der Waals surface area (Å²) in [4.78, 5) is 12.4. The number of halogens is 1. The molecule has 4 heteroatoms. The summed E-state index contributed by atoms with van der Waals surface area (Å²) in [5.41, 5.74) is 1.07. The second-order valence-electron chi connectivity index (χ2n) is 8.20. The van der Waals surface area contributed by atoms with E-state index in [-0.39, 0.29) is 23.7 Å². The van der Waals surface area contributed by atoms with Gasteiger partial charge < -0.3 is 10.1 Å². The number of fused-ring (bicyclic) bond motifs is 1. The van der Waals surface area contributed by atoms with E-state index in [2.05, 4.69) is 5.32 Å². The smallest absolute Gasteiger partial charge is 0.310 e. The van der Waals surface area contributed by atoms with Gasteiger partial charge >= 0.3 is 5.97 Å². The molecule has 0 aromatic heterocycles. The van der Waals surface area contributed by atoms with Crippen LogP contribution in [0.4, 0.5) is 4.39 Å². The van der Waals surface area contributed by atoms with E-state index in [1.165, 1.54) is 19.2 Å². The topological polar surface area (TPSA) is 38.3 Å². The summed E-state index contributed by atoms with van der Waals surface area (Å²) in [5, 5.41) is 3.64. The molecule has 6 aliphatic rings. The number of nitrogens with one attached hydrogen (secondary N) is 1. The number of hydrogen-bond acceptors (Lipinski definition) is 3. The molecule has 23 heavy (non-hydrogen) atoms. The number of benzene rings is 1. The molecule has 2 bridgehead atoms. The van der Waals surface area contributed by atoms with E-state index in [1.54, 1.807) is 0 Å². The maximum atomic E-state index is 13.0. The highest BCUT2D eigenvalue weighted by atomic mass is 19.1. The Kier molecular flexibility index (Phi) is 2.23. The summed E-state index contributed by atoms with van der Waals surface area (Å²) in [7, 11) is 1.51. The van der Waals surface area contributed by atoms with Crippen LogP contribution < -0.4 is 5.32 Å². The van der Waals surface area contributed by atoms with Gasteiger partial charge in [0, 0.05) is 12.6 Å². The second kappa shape index (κ2) is 3.97. The maximum absolute atomic E-state index is 13.0. The summed E-state index contributed by atoms with van der Waals surface area (Å²) < 4.78 is 18.2. The summed E-state index contributed by atoms with van der Waals surface area (Å²) >= 11 is 0. The highest BCUT2D eigenvalue weighted by Crippen LogP contribution is 2.92. The van der Waals surface area contributed by atoms with Gasteiger partial charge in [-0.1, -0.05) is 12.1 Å². The van der Waals surface area contributed by atoms with Crippen molar-refractivity contribution in [1.29, 1.82) is 0 Å². The number of esters is 1. The van der Waals surface area contributed by atoms with Gasteiger partial charge in [0.1, 0.15) is 5.82 Å². The van der Waals surface area contributed by atoms with Gasteiger partial charge in [0.25, 0.3) is 0 Å². The first kappa shape index (κ1) is 12.9. The molecule has 7 rings (SSSR count). The molecule has 1 aromatic rings. The van der Waals surface area contributed by atoms with Crippen molar-refractivity contribution in [3.8, 4) is 0 Å². The fourth-order valence-corrected chi connectivity index (χ4v) is 7.53. The van der Waals surface area contributed by atoms with Crippen LogP contribution in [0.3, 0.4) is 0 Å². The van der Waals surface area contributed by atoms with Gasteiger partial charge in [0.2, 0.25) is 0 Å². The number of methoxy groups -OCH3 is 1. The molecule has 3 nitrogen and oxygen atoms in total. The first-order valence-electron chi connectivity index (χ1n) is 8.78. The Bertz CT molecular complexity index is 684. The van der Waals surface area contributed by atoms with E-state index in [4.69, 9.17) is 4.74 Å². The van der Waals surface area contributed by atoms with Gasteiger partial charge in [-0.2, -0.15) is 0 Å². The van der Waals surface area contributed by atoms with Crippen molar-refractivity contribution in [1.82, 2.24) is 5.32 Å². The molecule has 0 saturated heterocycles. The van der Waals surface area contributed by atoms with E-state index >= 15 is 0 Å². The van der Waals surface area contributed by atoms with Crippen LogP contribution in [0.1, 0.15) is 5.56 Å². The molecule has 6 unspecified atom stereocenters. The van der Waals surface area contributed by atoms with E-state index < -0.39 is 0 Å². The molecule has 120 valence electrons. The Balaban J connectivity index is 1.26. The van der Waals surface area contributed by atoms with Crippen molar-refractivity contribution in [2.45, 2.75) is 12.6 Å². The predicted octanol–water partition coefficient (Wildman–Crippen LogP) is 2.07. The second-order valence-corrected chi connectivity index (χ2v) is 8.20. The zero-order valence-corrected chi connectivity index (χ0v) is 13.0. The van der Waals surface area contributed by atoms with Gasteiger partial charge in [0.15, 0.2) is 0 Å². The minimum absolute atomic E-state index is 0.0256. The Morgan fingerprint density at radius 3 is 2.17 bits per heavy atom. The molecular formula is C19H20FNO2. The molecule has 1 N–H and O–H groups in total. The molecule has 6 fully saturated rings. The van der Waals surface area contributed by atoms with Crippen molar-refractivity contribution in [2.24, 2.45) is 53.3 Å². The Morgan fingerprint density at radius 1 is 1.00 bits per heavy atom. The Morgan fingerprint density at radius 2 is 1.57 bits per heavy atom. The minimum atomic E-state index is -0.206. The van der Waals surface area contributed by atoms with E-state index in [0.717, 1.165) is 41.1 Å². The summed E-state index contributed by atoms with van der Waals surface area (Å²) in [6.07, 6.45) is 0. The van der Waals surface area contributed by atoms with Crippen LogP contribution in [0.5, 0.6) is 0 Å². The molecule has 6 saturated carbocycles. The normalized spacial score (nSPS) is 52.4. The SMILES string of the molecule is COC(=O)C1C(NCc2ccc(F)cc2)C2C3C4C1C1C2C3C41. The first-order valence-corrected chi connectivity index (χ1v) is 8.78. The fourth-order valence-electron chi connectivity index (χ4n) is 7.53. The minimum Gasteiger partial charge on any atom is -0.469 e. The quantitative estimate of drug-likeness (QED) is 0.865. The van der Waals surface area contributed by atoms with E-state index in [0.29, 0.717) is 18.4 Å².